The fraction of sp³-hybridized carbons (Fsp3) is 0.105. The predicted molar refractivity (Wildman–Crippen MR) is 106 cm³/mol. The van der Waals surface area contributed by atoms with Crippen molar-refractivity contribution in [1.82, 2.24) is 9.55 Å². The molecule has 0 saturated heterocycles. The van der Waals surface area contributed by atoms with Crippen LogP contribution in [0.3, 0.4) is 0 Å². The minimum Gasteiger partial charge on any atom is -0.355 e. The first-order chi connectivity index (χ1) is 12.2. The van der Waals surface area contributed by atoms with Crippen LogP contribution in [0.15, 0.2) is 54.7 Å². The lowest BCUT2D eigenvalue weighted by Crippen LogP contribution is -2.09. The van der Waals surface area contributed by atoms with Crippen LogP contribution in [-0.2, 0) is 6.54 Å². The Morgan fingerprint density at radius 1 is 0.960 bits per heavy atom. The molecule has 0 atom stereocenters. The Balaban J connectivity index is 1.82. The molecule has 0 aliphatic rings. The summed E-state index contributed by atoms with van der Waals surface area (Å²) in [5.41, 5.74) is 10.8. The number of pyridine rings is 1. The largest absolute Gasteiger partial charge is 0.355 e. The van der Waals surface area contributed by atoms with E-state index in [9.17, 15) is 0 Å². The van der Waals surface area contributed by atoms with Gasteiger partial charge in [-0.2, -0.15) is 0 Å². The number of hydrogen-bond donors (Lipinski definition) is 2. The lowest BCUT2D eigenvalue weighted by atomic mass is 10.2. The Kier molecular flexibility index (Phi) is 4.25. The van der Waals surface area contributed by atoms with Gasteiger partial charge in [0, 0.05) is 36.0 Å². The first-order valence-corrected chi connectivity index (χ1v) is 8.72. The van der Waals surface area contributed by atoms with Crippen LogP contribution in [0.25, 0.3) is 21.9 Å². The lowest BCUT2D eigenvalue weighted by Gasteiger charge is -2.09. The van der Waals surface area contributed by atoms with E-state index in [0.717, 1.165) is 39.9 Å². The number of halogens is 2. The van der Waals surface area contributed by atoms with Gasteiger partial charge in [-0.25, -0.2) is 0 Å². The van der Waals surface area contributed by atoms with E-state index in [1.165, 1.54) is 0 Å². The van der Waals surface area contributed by atoms with Crippen molar-refractivity contribution < 1.29 is 0 Å². The summed E-state index contributed by atoms with van der Waals surface area (Å²) in [6, 6.07) is 15.7. The van der Waals surface area contributed by atoms with Gasteiger partial charge in [0.25, 0.3) is 0 Å². The molecular weight excluding hydrogens is 355 g/mol. The molecule has 0 radical (unpaired) electrons. The normalized spacial score (nSPS) is 11.3. The highest BCUT2D eigenvalue weighted by molar-refractivity contribution is 6.42. The molecule has 0 bridgehead atoms. The molecule has 4 aromatic rings. The molecule has 0 spiro atoms. The maximum absolute atomic E-state index is 6.09. The summed E-state index contributed by atoms with van der Waals surface area (Å²) in [6.45, 7) is 1.34. The van der Waals surface area contributed by atoms with E-state index in [-0.39, 0.29) is 0 Å². The molecule has 2 aromatic carbocycles. The van der Waals surface area contributed by atoms with Crippen molar-refractivity contribution in [2.24, 2.45) is 5.73 Å². The van der Waals surface area contributed by atoms with E-state index in [4.69, 9.17) is 28.9 Å². The summed E-state index contributed by atoms with van der Waals surface area (Å²) in [6.07, 6.45) is 1.81. The monoisotopic (exact) mass is 370 g/mol. The first kappa shape index (κ1) is 16.2. The number of fused-ring (bicyclic) bond motifs is 3. The Hall–Kier alpha value is -2.27. The van der Waals surface area contributed by atoms with Crippen molar-refractivity contribution in [2.45, 2.75) is 6.54 Å². The van der Waals surface area contributed by atoms with Gasteiger partial charge in [-0.05, 0) is 48.5 Å². The van der Waals surface area contributed by atoms with Crippen molar-refractivity contribution >= 4 is 56.5 Å². The molecule has 6 heteroatoms. The first-order valence-electron chi connectivity index (χ1n) is 7.96. The van der Waals surface area contributed by atoms with Crippen LogP contribution < -0.4 is 11.1 Å². The maximum Gasteiger partial charge on any atom is 0.0960 e. The van der Waals surface area contributed by atoms with E-state index in [0.29, 0.717) is 16.6 Å². The Bertz CT molecular complexity index is 1070. The van der Waals surface area contributed by atoms with Gasteiger partial charge < -0.3 is 15.6 Å². The van der Waals surface area contributed by atoms with Crippen LogP contribution in [0.1, 0.15) is 0 Å². The second-order valence-electron chi connectivity index (χ2n) is 5.80. The summed E-state index contributed by atoms with van der Waals surface area (Å²) < 4.78 is 2.21. The predicted octanol–water partition coefficient (Wildman–Crippen LogP) is 5.20. The molecule has 0 fully saturated rings. The SMILES string of the molecule is NCCn1c2ccc(Nc3ccc(Cl)c(Cl)c3)cc2c2ncccc21. The standard InChI is InChI=1S/C19H16Cl2N4/c20-15-5-3-13(11-16(15)21)24-12-4-6-17-14(10-12)19-18(2-1-8-23-19)25(17)9-7-22/h1-6,8,10-11,24H,7,9,22H2. The third kappa shape index (κ3) is 2.93. The van der Waals surface area contributed by atoms with Crippen LogP contribution in [-0.4, -0.2) is 16.1 Å². The van der Waals surface area contributed by atoms with E-state index in [1.54, 1.807) is 6.07 Å². The molecule has 0 unspecified atom stereocenters. The van der Waals surface area contributed by atoms with Crippen molar-refractivity contribution in [3.8, 4) is 0 Å². The highest BCUT2D eigenvalue weighted by atomic mass is 35.5. The van der Waals surface area contributed by atoms with E-state index < -0.39 is 0 Å². The van der Waals surface area contributed by atoms with Crippen molar-refractivity contribution in [3.05, 3.63) is 64.8 Å². The van der Waals surface area contributed by atoms with Gasteiger partial charge >= 0.3 is 0 Å². The summed E-state index contributed by atoms with van der Waals surface area (Å²) in [5.74, 6) is 0. The molecule has 4 rings (SSSR count). The number of nitrogens with zero attached hydrogens (tertiary/aromatic N) is 2. The lowest BCUT2D eigenvalue weighted by molar-refractivity contribution is 0.757. The Labute approximate surface area is 155 Å². The quantitative estimate of drug-likeness (QED) is 0.519. The summed E-state index contributed by atoms with van der Waals surface area (Å²) in [4.78, 5) is 4.56. The fourth-order valence-corrected chi connectivity index (χ4v) is 3.40. The van der Waals surface area contributed by atoms with Crippen molar-refractivity contribution in [3.63, 3.8) is 0 Å². The summed E-state index contributed by atoms with van der Waals surface area (Å²) >= 11 is 12.1. The average Bonchev–Trinajstić information content (AvgIpc) is 2.93. The molecule has 0 amide bonds. The molecule has 25 heavy (non-hydrogen) atoms. The molecule has 2 aromatic heterocycles. The Morgan fingerprint density at radius 3 is 2.56 bits per heavy atom. The van der Waals surface area contributed by atoms with E-state index in [1.807, 2.05) is 30.5 Å². The van der Waals surface area contributed by atoms with Crippen LogP contribution >= 0.6 is 23.2 Å². The van der Waals surface area contributed by atoms with Crippen LogP contribution in [0.5, 0.6) is 0 Å². The fourth-order valence-electron chi connectivity index (χ4n) is 3.10. The maximum atomic E-state index is 6.09. The zero-order valence-electron chi connectivity index (χ0n) is 13.3. The Morgan fingerprint density at radius 2 is 1.76 bits per heavy atom. The highest BCUT2D eigenvalue weighted by Gasteiger charge is 2.11. The van der Waals surface area contributed by atoms with Crippen LogP contribution in [0.4, 0.5) is 11.4 Å². The van der Waals surface area contributed by atoms with Gasteiger partial charge in [-0.15, -0.1) is 0 Å². The summed E-state index contributed by atoms with van der Waals surface area (Å²) in [5, 5.41) is 5.52. The molecular formula is C19H16Cl2N4. The second kappa shape index (κ2) is 6.56. The zero-order valence-corrected chi connectivity index (χ0v) is 14.8. The van der Waals surface area contributed by atoms with Gasteiger partial charge in [-0.1, -0.05) is 23.2 Å². The number of anilines is 2. The number of rotatable bonds is 4. The number of nitrogens with two attached hydrogens (primary N) is 1. The third-order valence-corrected chi connectivity index (χ3v) is 4.92. The number of nitrogens with one attached hydrogen (secondary N) is 1. The van der Waals surface area contributed by atoms with Gasteiger partial charge in [0.05, 0.1) is 26.6 Å². The van der Waals surface area contributed by atoms with Crippen LogP contribution in [0, 0.1) is 0 Å². The van der Waals surface area contributed by atoms with Crippen molar-refractivity contribution in [1.29, 1.82) is 0 Å². The van der Waals surface area contributed by atoms with Crippen molar-refractivity contribution in [2.75, 3.05) is 11.9 Å². The molecule has 0 aliphatic carbocycles. The molecule has 0 saturated carbocycles. The second-order valence-corrected chi connectivity index (χ2v) is 6.61. The van der Waals surface area contributed by atoms with Gasteiger partial charge in [-0.3, -0.25) is 4.98 Å². The minimum absolute atomic E-state index is 0.522. The number of benzene rings is 2. The smallest absolute Gasteiger partial charge is 0.0960 e. The van der Waals surface area contributed by atoms with E-state index >= 15 is 0 Å². The van der Waals surface area contributed by atoms with Gasteiger partial charge in [0.15, 0.2) is 0 Å². The summed E-state index contributed by atoms with van der Waals surface area (Å²) in [7, 11) is 0. The number of aromatic nitrogens is 2. The number of hydrogen-bond acceptors (Lipinski definition) is 3. The highest BCUT2D eigenvalue weighted by Crippen LogP contribution is 2.32. The zero-order chi connectivity index (χ0) is 17.4. The van der Waals surface area contributed by atoms with Crippen LogP contribution in [0.2, 0.25) is 10.0 Å². The van der Waals surface area contributed by atoms with E-state index in [2.05, 4.69) is 33.1 Å². The topological polar surface area (TPSA) is 55.9 Å². The minimum atomic E-state index is 0.522. The van der Waals surface area contributed by atoms with Gasteiger partial charge in [0.2, 0.25) is 0 Å². The molecule has 126 valence electrons. The molecule has 4 nitrogen and oxygen atoms in total. The third-order valence-electron chi connectivity index (χ3n) is 4.18. The molecule has 2 heterocycles. The molecule has 3 N–H and O–H groups in total. The average molecular weight is 371 g/mol. The molecule has 0 aliphatic heterocycles. The van der Waals surface area contributed by atoms with Gasteiger partial charge in [0.1, 0.15) is 0 Å².